The minimum atomic E-state index is 0.675. The Balaban J connectivity index is 2.63. The van der Waals surface area contributed by atoms with Gasteiger partial charge in [0.15, 0.2) is 0 Å². The van der Waals surface area contributed by atoms with Crippen LogP contribution in [0.3, 0.4) is 0 Å². The number of methoxy groups -OCH3 is 1. The normalized spacial score (nSPS) is 29.8. The van der Waals surface area contributed by atoms with Crippen molar-refractivity contribution in [3.63, 3.8) is 0 Å². The van der Waals surface area contributed by atoms with E-state index >= 15 is 0 Å². The van der Waals surface area contributed by atoms with Gasteiger partial charge in [0.1, 0.15) is 0 Å². The Kier molecular flexibility index (Phi) is 3.86. The van der Waals surface area contributed by atoms with Crippen molar-refractivity contribution in [3.05, 3.63) is 11.6 Å². The van der Waals surface area contributed by atoms with Crippen molar-refractivity contribution in [1.29, 1.82) is 0 Å². The van der Waals surface area contributed by atoms with Crippen molar-refractivity contribution in [2.24, 2.45) is 11.8 Å². The molecule has 1 nitrogen and oxygen atoms in total. The molecule has 1 aliphatic rings. The molecule has 0 fully saturated rings. The first-order valence-corrected chi connectivity index (χ1v) is 5.85. The molecule has 0 aliphatic heterocycles. The molecule has 0 aromatic rings. The summed E-state index contributed by atoms with van der Waals surface area (Å²) >= 11 is 1.48. The molecule has 0 unspecified atom stereocenters. The van der Waals surface area contributed by atoms with Crippen molar-refractivity contribution in [2.75, 3.05) is 7.11 Å². The zero-order valence-corrected chi connectivity index (χ0v) is 10.9. The van der Waals surface area contributed by atoms with E-state index in [2.05, 4.69) is 19.9 Å². The van der Waals surface area contributed by atoms with Gasteiger partial charge in [0.05, 0.1) is 0 Å². The number of ether oxygens (including phenoxy) is 1. The van der Waals surface area contributed by atoms with Crippen LogP contribution in [0.15, 0.2) is 11.6 Å². The zero-order valence-electron chi connectivity index (χ0n) is 7.96. The number of allylic oxidation sites excluding steroid dienone is 2. The van der Waals surface area contributed by atoms with Gasteiger partial charge in [0, 0.05) is 0 Å². The first-order chi connectivity index (χ1) is 5.65. The summed E-state index contributed by atoms with van der Waals surface area (Å²) < 4.78 is 6.59. The van der Waals surface area contributed by atoms with E-state index in [0.717, 1.165) is 5.92 Å². The second-order valence-corrected chi connectivity index (χ2v) is 5.04. The molecule has 2 atom stereocenters. The van der Waals surface area contributed by atoms with Gasteiger partial charge in [-0.05, 0) is 0 Å². The fourth-order valence-electron chi connectivity index (χ4n) is 1.77. The molecule has 0 heterocycles. The summed E-state index contributed by atoms with van der Waals surface area (Å²) in [4.78, 5) is 0. The molecule has 0 amide bonds. The van der Waals surface area contributed by atoms with E-state index in [0.29, 0.717) is 5.92 Å². The molecule has 0 spiro atoms. The SMILES string of the molecule is CO[C](=[W])[C@H]1CC=C(C)C[C@@H]1C. The third kappa shape index (κ3) is 2.37. The molecule has 0 saturated carbocycles. The third-order valence-electron chi connectivity index (χ3n) is 2.56. The summed E-state index contributed by atoms with van der Waals surface area (Å²) in [5.41, 5.74) is 1.54. The fraction of sp³-hybridized carbons (Fsp3) is 0.700. The summed E-state index contributed by atoms with van der Waals surface area (Å²) in [6.45, 7) is 4.55. The molecule has 1 rings (SSSR count). The molecular formula is C10H16OW. The summed E-state index contributed by atoms with van der Waals surface area (Å²) in [6.07, 6.45) is 4.77. The molecule has 0 saturated heterocycles. The van der Waals surface area contributed by atoms with Crippen LogP contribution in [0.5, 0.6) is 0 Å². The van der Waals surface area contributed by atoms with Gasteiger partial charge in [-0.25, -0.2) is 0 Å². The Morgan fingerprint density at radius 3 is 2.83 bits per heavy atom. The predicted molar refractivity (Wildman–Crippen MR) is 47.7 cm³/mol. The monoisotopic (exact) mass is 336 g/mol. The summed E-state index contributed by atoms with van der Waals surface area (Å²) in [5, 5.41) is 0. The van der Waals surface area contributed by atoms with Gasteiger partial charge >= 0.3 is 85.5 Å². The number of rotatable bonds is 2. The molecule has 12 heavy (non-hydrogen) atoms. The Labute approximate surface area is 85.6 Å². The van der Waals surface area contributed by atoms with Crippen LogP contribution in [0, 0.1) is 11.8 Å². The van der Waals surface area contributed by atoms with Crippen LogP contribution in [-0.4, -0.2) is 11.2 Å². The summed E-state index contributed by atoms with van der Waals surface area (Å²) in [6, 6.07) is 0. The Morgan fingerprint density at radius 2 is 2.33 bits per heavy atom. The van der Waals surface area contributed by atoms with Crippen molar-refractivity contribution in [1.82, 2.24) is 0 Å². The zero-order chi connectivity index (χ0) is 9.14. The molecule has 0 N–H and O–H groups in total. The fourth-order valence-corrected chi connectivity index (χ4v) is 2.95. The van der Waals surface area contributed by atoms with Gasteiger partial charge in [-0.15, -0.1) is 0 Å². The van der Waals surface area contributed by atoms with E-state index in [1.165, 1.54) is 41.9 Å². The van der Waals surface area contributed by atoms with Crippen LogP contribution in [0.1, 0.15) is 26.7 Å². The second kappa shape index (κ2) is 4.48. The van der Waals surface area contributed by atoms with Crippen molar-refractivity contribution in [3.8, 4) is 0 Å². The van der Waals surface area contributed by atoms with E-state index < -0.39 is 0 Å². The Morgan fingerprint density at radius 1 is 1.67 bits per heavy atom. The van der Waals surface area contributed by atoms with E-state index in [-0.39, 0.29) is 0 Å². The van der Waals surface area contributed by atoms with E-state index in [9.17, 15) is 0 Å². The van der Waals surface area contributed by atoms with Crippen LogP contribution in [0.2, 0.25) is 0 Å². The van der Waals surface area contributed by atoms with E-state index in [1.807, 2.05) is 0 Å². The summed E-state index contributed by atoms with van der Waals surface area (Å²) in [5.74, 6) is 1.44. The van der Waals surface area contributed by atoms with Gasteiger partial charge in [0.2, 0.25) is 0 Å². The topological polar surface area (TPSA) is 9.23 Å². The van der Waals surface area contributed by atoms with Crippen LogP contribution >= 0.6 is 0 Å². The molecule has 0 aromatic heterocycles. The standard InChI is InChI=1S/C10H16O.W/c1-8-4-5-10(7-11-3)9(2)6-8;/h4,9-10H,5-6H2,1-3H3;/t9-,10+;/m0./s1. The third-order valence-corrected chi connectivity index (χ3v) is 4.24. The number of hydrogen-bond donors (Lipinski definition) is 0. The minimum absolute atomic E-state index is 0.675. The predicted octanol–water partition coefficient (Wildman–Crippen LogP) is 2.30. The molecule has 0 aromatic carbocycles. The molecule has 0 bridgehead atoms. The summed E-state index contributed by atoms with van der Waals surface area (Å²) in [7, 11) is 1.79. The van der Waals surface area contributed by atoms with E-state index in [1.54, 1.807) is 7.11 Å². The van der Waals surface area contributed by atoms with Gasteiger partial charge < -0.3 is 0 Å². The van der Waals surface area contributed by atoms with Gasteiger partial charge in [-0.3, -0.25) is 0 Å². The molecular weight excluding hydrogens is 320 g/mol. The Bertz CT molecular complexity index is 208. The average molecular weight is 336 g/mol. The molecule has 1 aliphatic carbocycles. The van der Waals surface area contributed by atoms with Crippen LogP contribution < -0.4 is 0 Å². The second-order valence-electron chi connectivity index (χ2n) is 3.60. The maximum atomic E-state index is 5.32. The van der Waals surface area contributed by atoms with Crippen molar-refractivity contribution in [2.45, 2.75) is 26.7 Å². The van der Waals surface area contributed by atoms with Crippen LogP contribution in [-0.2, 0) is 24.1 Å². The quantitative estimate of drug-likeness (QED) is 0.704. The molecule has 0 radical (unpaired) electrons. The first kappa shape index (κ1) is 10.3. The molecule has 68 valence electrons. The van der Waals surface area contributed by atoms with E-state index in [4.69, 9.17) is 4.74 Å². The first-order valence-electron chi connectivity index (χ1n) is 4.38. The number of hydrogen-bond acceptors (Lipinski definition) is 1. The van der Waals surface area contributed by atoms with Gasteiger partial charge in [-0.2, -0.15) is 0 Å². The molecule has 2 heteroatoms. The Hall–Kier alpha value is 0.258. The van der Waals surface area contributed by atoms with Crippen molar-refractivity contribution >= 4 is 4.08 Å². The van der Waals surface area contributed by atoms with Crippen LogP contribution in [0.25, 0.3) is 0 Å². The van der Waals surface area contributed by atoms with Crippen LogP contribution in [0.4, 0.5) is 0 Å². The average Bonchev–Trinajstić information content (AvgIpc) is 2.03. The van der Waals surface area contributed by atoms with Gasteiger partial charge in [0.25, 0.3) is 0 Å². The van der Waals surface area contributed by atoms with Gasteiger partial charge in [-0.1, -0.05) is 0 Å². The maximum absolute atomic E-state index is 5.32. The van der Waals surface area contributed by atoms with Crippen molar-refractivity contribution < 1.29 is 24.1 Å².